The quantitative estimate of drug-likeness (QED) is 0.553. The molecule has 0 bridgehead atoms. The third-order valence-electron chi connectivity index (χ3n) is 1.57. The summed E-state index contributed by atoms with van der Waals surface area (Å²) in [4.78, 5) is 4.27. The van der Waals surface area contributed by atoms with E-state index in [0.29, 0.717) is 0 Å². The zero-order valence-electron chi connectivity index (χ0n) is 6.44. The monoisotopic (exact) mass is 148 g/mol. The Hall–Kier alpha value is -1.45. The lowest BCUT2D eigenvalue weighted by Gasteiger charge is -1.91. The lowest BCUT2D eigenvalue weighted by molar-refractivity contribution is 0.839. The summed E-state index contributed by atoms with van der Waals surface area (Å²) in [5.74, 6) is 0. The van der Waals surface area contributed by atoms with Crippen molar-refractivity contribution in [1.29, 1.82) is 0 Å². The molecule has 11 heavy (non-hydrogen) atoms. The molecule has 0 radical (unpaired) electrons. The Morgan fingerprint density at radius 3 is 3.00 bits per heavy atom. The number of aryl methyl sites for hydroxylation is 2. The first-order valence-electron chi connectivity index (χ1n) is 3.42. The highest BCUT2D eigenvalue weighted by Gasteiger charge is 2.00. The molecule has 2 aromatic heterocycles. The predicted octanol–water partition coefficient (Wildman–Crippen LogP) is 0.741. The number of aromatic nitrogens is 4. The molecule has 2 heterocycles. The molecule has 0 aliphatic carbocycles. The van der Waals surface area contributed by atoms with Crippen molar-refractivity contribution in [2.75, 3.05) is 0 Å². The van der Waals surface area contributed by atoms with Gasteiger partial charge in [0.05, 0.1) is 0 Å². The van der Waals surface area contributed by atoms with Crippen molar-refractivity contribution in [2.24, 2.45) is 0 Å². The van der Waals surface area contributed by atoms with Crippen LogP contribution in [0.3, 0.4) is 0 Å². The highest BCUT2D eigenvalue weighted by Crippen LogP contribution is 2.02. The second-order valence-corrected chi connectivity index (χ2v) is 2.51. The molecule has 0 atom stereocenters. The molecule has 56 valence electrons. The van der Waals surface area contributed by atoms with E-state index in [1.165, 1.54) is 0 Å². The smallest absolute Gasteiger partial charge is 0.178 e. The fourth-order valence-electron chi connectivity index (χ4n) is 0.983. The summed E-state index contributed by atoms with van der Waals surface area (Å²) in [6.45, 7) is 3.85. The van der Waals surface area contributed by atoms with Crippen molar-refractivity contribution in [2.45, 2.75) is 13.8 Å². The number of rotatable bonds is 0. The minimum Gasteiger partial charge on any atom is -0.232 e. The van der Waals surface area contributed by atoms with Gasteiger partial charge < -0.3 is 0 Å². The van der Waals surface area contributed by atoms with Crippen LogP contribution in [0.15, 0.2) is 12.3 Å². The van der Waals surface area contributed by atoms with Crippen molar-refractivity contribution in [3.05, 3.63) is 23.7 Å². The topological polar surface area (TPSA) is 43.1 Å². The van der Waals surface area contributed by atoms with Crippen LogP contribution in [0.5, 0.6) is 0 Å². The average Bonchev–Trinajstić information content (AvgIpc) is 2.33. The van der Waals surface area contributed by atoms with Crippen LogP contribution in [0.2, 0.25) is 0 Å². The van der Waals surface area contributed by atoms with Gasteiger partial charge in [-0.15, -0.1) is 5.10 Å². The first-order valence-corrected chi connectivity index (χ1v) is 3.42. The Balaban J connectivity index is 2.87. The van der Waals surface area contributed by atoms with Gasteiger partial charge in [0, 0.05) is 11.9 Å². The third kappa shape index (κ3) is 0.869. The SMILES string of the molecule is Cc1ccn2nnc(C)c2n1. The van der Waals surface area contributed by atoms with Crippen molar-refractivity contribution < 1.29 is 0 Å². The summed E-state index contributed by atoms with van der Waals surface area (Å²) >= 11 is 0. The van der Waals surface area contributed by atoms with Gasteiger partial charge in [0.15, 0.2) is 5.65 Å². The van der Waals surface area contributed by atoms with Crippen LogP contribution in [0.4, 0.5) is 0 Å². The van der Waals surface area contributed by atoms with Gasteiger partial charge in [-0.25, -0.2) is 9.50 Å². The van der Waals surface area contributed by atoms with Gasteiger partial charge in [-0.05, 0) is 19.9 Å². The Morgan fingerprint density at radius 1 is 1.36 bits per heavy atom. The van der Waals surface area contributed by atoms with Gasteiger partial charge in [0.2, 0.25) is 0 Å². The summed E-state index contributed by atoms with van der Waals surface area (Å²) < 4.78 is 1.67. The molecule has 0 saturated carbocycles. The van der Waals surface area contributed by atoms with E-state index < -0.39 is 0 Å². The maximum atomic E-state index is 4.27. The molecule has 0 fully saturated rings. The molecule has 2 aromatic rings. The van der Waals surface area contributed by atoms with Crippen LogP contribution in [0.25, 0.3) is 5.65 Å². The predicted molar refractivity (Wildman–Crippen MR) is 40.3 cm³/mol. The molecule has 0 aliphatic heterocycles. The Bertz CT molecular complexity index is 390. The van der Waals surface area contributed by atoms with Crippen molar-refractivity contribution in [3.8, 4) is 0 Å². The zero-order chi connectivity index (χ0) is 7.84. The third-order valence-corrected chi connectivity index (χ3v) is 1.57. The van der Waals surface area contributed by atoms with Crippen LogP contribution in [0, 0.1) is 13.8 Å². The molecular formula is C7H8N4. The number of hydrogen-bond acceptors (Lipinski definition) is 3. The lowest BCUT2D eigenvalue weighted by Crippen LogP contribution is -1.90. The van der Waals surface area contributed by atoms with Crippen LogP contribution in [-0.2, 0) is 0 Å². The first-order chi connectivity index (χ1) is 5.27. The summed E-state index contributed by atoms with van der Waals surface area (Å²) in [5, 5.41) is 7.75. The minimum absolute atomic E-state index is 0.838. The molecule has 0 saturated heterocycles. The molecule has 0 aliphatic rings. The van der Waals surface area contributed by atoms with Gasteiger partial charge in [-0.2, -0.15) is 0 Å². The van der Waals surface area contributed by atoms with Crippen LogP contribution in [-0.4, -0.2) is 19.8 Å². The summed E-state index contributed by atoms with van der Waals surface area (Å²) in [6, 6.07) is 1.90. The average molecular weight is 148 g/mol. The highest BCUT2D eigenvalue weighted by atomic mass is 15.4. The van der Waals surface area contributed by atoms with E-state index in [9.17, 15) is 0 Å². The van der Waals surface area contributed by atoms with Crippen molar-refractivity contribution in [3.63, 3.8) is 0 Å². The fraction of sp³-hybridized carbons (Fsp3) is 0.286. The largest absolute Gasteiger partial charge is 0.232 e. The standard InChI is InChI=1S/C7H8N4/c1-5-3-4-11-7(8-5)6(2)9-10-11/h3-4H,1-2H3. The second kappa shape index (κ2) is 2.02. The van der Waals surface area contributed by atoms with Gasteiger partial charge in [0.25, 0.3) is 0 Å². The van der Waals surface area contributed by atoms with E-state index in [4.69, 9.17) is 0 Å². The van der Waals surface area contributed by atoms with Gasteiger partial charge in [-0.3, -0.25) is 0 Å². The molecule has 0 spiro atoms. The minimum atomic E-state index is 0.838. The summed E-state index contributed by atoms with van der Waals surface area (Å²) in [7, 11) is 0. The molecular weight excluding hydrogens is 140 g/mol. The maximum absolute atomic E-state index is 4.27. The highest BCUT2D eigenvalue weighted by molar-refractivity contribution is 5.41. The maximum Gasteiger partial charge on any atom is 0.178 e. The Labute approximate surface area is 63.9 Å². The number of nitrogens with zero attached hydrogens (tertiary/aromatic N) is 4. The van der Waals surface area contributed by atoms with E-state index in [2.05, 4.69) is 15.3 Å². The summed E-state index contributed by atoms with van der Waals surface area (Å²) in [6.07, 6.45) is 1.86. The van der Waals surface area contributed by atoms with E-state index >= 15 is 0 Å². The number of hydrogen-bond donors (Lipinski definition) is 0. The van der Waals surface area contributed by atoms with Gasteiger partial charge in [0.1, 0.15) is 5.69 Å². The molecule has 2 rings (SSSR count). The molecule has 0 aromatic carbocycles. The normalized spacial score (nSPS) is 10.7. The van der Waals surface area contributed by atoms with E-state index in [0.717, 1.165) is 17.0 Å². The first kappa shape index (κ1) is 6.27. The number of fused-ring (bicyclic) bond motifs is 1. The van der Waals surface area contributed by atoms with Gasteiger partial charge >= 0.3 is 0 Å². The second-order valence-electron chi connectivity index (χ2n) is 2.51. The van der Waals surface area contributed by atoms with E-state index in [1.54, 1.807) is 4.52 Å². The van der Waals surface area contributed by atoms with Gasteiger partial charge in [-0.1, -0.05) is 5.21 Å². The van der Waals surface area contributed by atoms with Crippen LogP contribution >= 0.6 is 0 Å². The molecule has 4 nitrogen and oxygen atoms in total. The molecule has 0 N–H and O–H groups in total. The fourth-order valence-corrected chi connectivity index (χ4v) is 0.983. The Kier molecular flexibility index (Phi) is 1.15. The molecule has 4 heteroatoms. The van der Waals surface area contributed by atoms with E-state index in [-0.39, 0.29) is 0 Å². The van der Waals surface area contributed by atoms with E-state index in [1.807, 2.05) is 26.1 Å². The lowest BCUT2D eigenvalue weighted by atomic mass is 10.4. The zero-order valence-corrected chi connectivity index (χ0v) is 6.44. The van der Waals surface area contributed by atoms with Crippen LogP contribution in [0.1, 0.15) is 11.4 Å². The van der Waals surface area contributed by atoms with Crippen molar-refractivity contribution >= 4 is 5.65 Å². The van der Waals surface area contributed by atoms with Crippen molar-refractivity contribution in [1.82, 2.24) is 19.8 Å². The summed E-state index contributed by atoms with van der Waals surface area (Å²) in [5.41, 5.74) is 2.70. The molecule has 0 unspecified atom stereocenters. The molecule has 0 amide bonds. The van der Waals surface area contributed by atoms with Crippen LogP contribution < -0.4 is 0 Å². The Morgan fingerprint density at radius 2 is 2.18 bits per heavy atom.